The highest BCUT2D eigenvalue weighted by Gasteiger charge is 2.43. The van der Waals surface area contributed by atoms with Gasteiger partial charge in [-0.05, 0) is 64.9 Å². The molecule has 8 rings (SSSR count). The van der Waals surface area contributed by atoms with Crippen LogP contribution in [0.4, 0.5) is 34.1 Å². The van der Waals surface area contributed by atoms with Crippen molar-refractivity contribution in [3.8, 4) is 0 Å². The highest BCUT2D eigenvalue weighted by atomic mass is 16.3. The molecule has 5 aromatic carbocycles. The molecule has 0 saturated heterocycles. The lowest BCUT2D eigenvalue weighted by Gasteiger charge is -2.43. The molecule has 0 fully saturated rings. The second-order valence-corrected chi connectivity index (χ2v) is 9.39. The van der Waals surface area contributed by atoms with Crippen molar-refractivity contribution in [1.82, 2.24) is 0 Å². The molecule has 36 heavy (non-hydrogen) atoms. The Kier molecular flexibility index (Phi) is 4.03. The van der Waals surface area contributed by atoms with Gasteiger partial charge in [0.05, 0.1) is 12.0 Å². The molecule has 0 amide bonds. The minimum atomic E-state index is 0.108. The first-order valence-corrected chi connectivity index (χ1v) is 12.3. The average molecular weight is 460 g/mol. The molecule has 0 aliphatic carbocycles. The maximum Gasteiger partial charge on any atom is 0.252 e. The van der Waals surface area contributed by atoms with Crippen LogP contribution >= 0.6 is 0 Å². The van der Waals surface area contributed by atoms with Gasteiger partial charge in [0.2, 0.25) is 0 Å². The summed E-state index contributed by atoms with van der Waals surface area (Å²) >= 11 is 0. The lowest BCUT2D eigenvalue weighted by atomic mass is 9.33. The number of para-hydroxylation sites is 3. The lowest BCUT2D eigenvalue weighted by Crippen LogP contribution is -2.61. The van der Waals surface area contributed by atoms with Crippen molar-refractivity contribution in [1.29, 1.82) is 0 Å². The second kappa shape index (κ2) is 7.40. The third-order valence-corrected chi connectivity index (χ3v) is 7.51. The fraction of sp³-hybridized carbons (Fsp3) is 0. The first-order chi connectivity index (χ1) is 17.9. The van der Waals surface area contributed by atoms with Crippen LogP contribution in [0.2, 0.25) is 0 Å². The van der Waals surface area contributed by atoms with E-state index in [2.05, 4.69) is 131 Å². The van der Waals surface area contributed by atoms with Gasteiger partial charge in [0.1, 0.15) is 0 Å². The molecular weight excluding hydrogens is 439 g/mol. The van der Waals surface area contributed by atoms with Crippen LogP contribution in [0, 0.1) is 0 Å². The molecule has 3 heterocycles. The second-order valence-electron chi connectivity index (χ2n) is 9.39. The van der Waals surface area contributed by atoms with Gasteiger partial charge in [-0.1, -0.05) is 72.8 Å². The molecule has 0 spiro atoms. The van der Waals surface area contributed by atoms with Crippen LogP contribution in [0.25, 0.3) is 11.0 Å². The van der Waals surface area contributed by atoms with E-state index in [0.29, 0.717) is 0 Å². The van der Waals surface area contributed by atoms with Crippen molar-refractivity contribution >= 4 is 68.2 Å². The van der Waals surface area contributed by atoms with Crippen molar-refractivity contribution in [2.45, 2.75) is 0 Å². The number of nitrogens with zero attached hydrogens (tertiary/aromatic N) is 2. The highest BCUT2D eigenvalue weighted by molar-refractivity contribution is 7.00. The molecule has 1 aromatic heterocycles. The summed E-state index contributed by atoms with van der Waals surface area (Å²) in [5.74, 6) is 0. The summed E-state index contributed by atoms with van der Waals surface area (Å²) in [4.78, 5) is 4.79. The maximum absolute atomic E-state index is 6.15. The van der Waals surface area contributed by atoms with Gasteiger partial charge in [0.25, 0.3) is 6.71 Å². The fourth-order valence-electron chi connectivity index (χ4n) is 6.09. The van der Waals surface area contributed by atoms with Crippen LogP contribution in [0.5, 0.6) is 0 Å². The Morgan fingerprint density at radius 1 is 0.500 bits per heavy atom. The van der Waals surface area contributed by atoms with E-state index in [1.54, 1.807) is 6.26 Å². The van der Waals surface area contributed by atoms with E-state index in [0.717, 1.165) is 28.0 Å². The van der Waals surface area contributed by atoms with Gasteiger partial charge in [0.15, 0.2) is 5.58 Å². The van der Waals surface area contributed by atoms with Crippen molar-refractivity contribution in [2.75, 3.05) is 9.80 Å². The molecule has 2 aliphatic rings. The van der Waals surface area contributed by atoms with Crippen LogP contribution in [0.1, 0.15) is 0 Å². The quantitative estimate of drug-likeness (QED) is 0.274. The lowest BCUT2D eigenvalue weighted by molar-refractivity contribution is 0.616. The molecule has 4 heteroatoms. The fourth-order valence-corrected chi connectivity index (χ4v) is 6.09. The minimum absolute atomic E-state index is 0.108. The molecule has 2 aliphatic heterocycles. The monoisotopic (exact) mass is 460 g/mol. The molecule has 0 bridgehead atoms. The Labute approximate surface area is 209 Å². The number of hydrogen-bond acceptors (Lipinski definition) is 3. The zero-order valence-electron chi connectivity index (χ0n) is 19.5. The number of furan rings is 1. The van der Waals surface area contributed by atoms with E-state index in [4.69, 9.17) is 4.42 Å². The van der Waals surface area contributed by atoms with Crippen molar-refractivity contribution in [3.05, 3.63) is 128 Å². The van der Waals surface area contributed by atoms with E-state index in [9.17, 15) is 0 Å². The van der Waals surface area contributed by atoms with Crippen LogP contribution in [-0.4, -0.2) is 6.71 Å². The first kappa shape index (κ1) is 19.6. The van der Waals surface area contributed by atoms with Crippen LogP contribution < -0.4 is 26.2 Å². The molecule has 0 unspecified atom stereocenters. The van der Waals surface area contributed by atoms with Gasteiger partial charge >= 0.3 is 0 Å². The van der Waals surface area contributed by atoms with E-state index in [1.165, 1.54) is 33.5 Å². The number of anilines is 6. The number of fused-ring (bicyclic) bond motifs is 6. The van der Waals surface area contributed by atoms with E-state index in [-0.39, 0.29) is 6.71 Å². The molecule has 0 N–H and O–H groups in total. The minimum Gasteiger partial charge on any atom is -0.462 e. The molecule has 0 atom stereocenters. The van der Waals surface area contributed by atoms with Gasteiger partial charge in [0, 0.05) is 33.8 Å². The summed E-state index contributed by atoms with van der Waals surface area (Å²) in [6.45, 7) is 0.108. The summed E-state index contributed by atoms with van der Waals surface area (Å²) in [6, 6.07) is 43.3. The van der Waals surface area contributed by atoms with Gasteiger partial charge in [-0.3, -0.25) is 0 Å². The molecule has 3 nitrogen and oxygen atoms in total. The van der Waals surface area contributed by atoms with Crippen molar-refractivity contribution < 1.29 is 4.42 Å². The summed E-state index contributed by atoms with van der Waals surface area (Å²) < 4.78 is 6.15. The average Bonchev–Trinajstić information content (AvgIpc) is 3.43. The molecule has 6 aromatic rings. The SMILES string of the molecule is c1ccc(N2c3ccccc3B3c4ccc5ccoc5c4N(c4ccccc4)c4cccc2c43)cc1. The predicted molar refractivity (Wildman–Crippen MR) is 150 cm³/mol. The Balaban J connectivity index is 1.51. The largest absolute Gasteiger partial charge is 0.462 e. The van der Waals surface area contributed by atoms with Crippen molar-refractivity contribution in [3.63, 3.8) is 0 Å². The number of benzene rings is 5. The predicted octanol–water partition coefficient (Wildman–Crippen LogP) is 6.52. The van der Waals surface area contributed by atoms with Gasteiger partial charge in [-0.15, -0.1) is 0 Å². The molecule has 0 saturated carbocycles. The van der Waals surface area contributed by atoms with Crippen molar-refractivity contribution in [2.24, 2.45) is 0 Å². The zero-order chi connectivity index (χ0) is 23.6. The van der Waals surface area contributed by atoms with E-state index in [1.807, 2.05) is 0 Å². The van der Waals surface area contributed by atoms with Gasteiger partial charge in [-0.2, -0.15) is 0 Å². The standard InChI is InChI=1S/C32H21BN2O/c1-3-10-23(11-4-1)34-27-15-8-7-14-25(27)33-26-19-18-22-20-21-36-32(22)31(26)35(24-12-5-2-6-13-24)29-17-9-16-28(34)30(29)33/h1-21H. The van der Waals surface area contributed by atoms with Crippen LogP contribution in [0.15, 0.2) is 132 Å². The topological polar surface area (TPSA) is 19.6 Å². The highest BCUT2D eigenvalue weighted by Crippen LogP contribution is 2.45. The maximum atomic E-state index is 6.15. The summed E-state index contributed by atoms with van der Waals surface area (Å²) in [6.07, 6.45) is 1.80. The Morgan fingerprint density at radius 3 is 1.92 bits per heavy atom. The molecule has 168 valence electrons. The molecule has 0 radical (unpaired) electrons. The van der Waals surface area contributed by atoms with Crippen LogP contribution in [0.3, 0.4) is 0 Å². The Morgan fingerprint density at radius 2 is 1.14 bits per heavy atom. The summed E-state index contributed by atoms with van der Waals surface area (Å²) in [7, 11) is 0. The number of hydrogen-bond donors (Lipinski definition) is 0. The smallest absolute Gasteiger partial charge is 0.252 e. The summed E-state index contributed by atoms with van der Waals surface area (Å²) in [5, 5.41) is 1.12. The number of rotatable bonds is 2. The van der Waals surface area contributed by atoms with Gasteiger partial charge < -0.3 is 14.2 Å². The van der Waals surface area contributed by atoms with Gasteiger partial charge in [-0.25, -0.2) is 0 Å². The van der Waals surface area contributed by atoms with E-state index < -0.39 is 0 Å². The Bertz CT molecular complexity index is 1760. The zero-order valence-corrected chi connectivity index (χ0v) is 19.5. The van der Waals surface area contributed by atoms with E-state index >= 15 is 0 Å². The Hall–Kier alpha value is -4.70. The third kappa shape index (κ3) is 2.58. The van der Waals surface area contributed by atoms with Crippen LogP contribution in [-0.2, 0) is 0 Å². The first-order valence-electron chi connectivity index (χ1n) is 12.3. The summed E-state index contributed by atoms with van der Waals surface area (Å²) in [5.41, 5.74) is 11.9. The third-order valence-electron chi connectivity index (χ3n) is 7.51. The normalized spacial score (nSPS) is 13.4. The molecular formula is C32H21BN2O.